The lowest BCUT2D eigenvalue weighted by Gasteiger charge is -2.24. The number of carbonyl (C=O) groups excluding carboxylic acids is 2. The molecule has 2 amide bonds. The Morgan fingerprint density at radius 3 is 2.42 bits per heavy atom. The number of benzene rings is 1. The van der Waals surface area contributed by atoms with E-state index >= 15 is 0 Å². The summed E-state index contributed by atoms with van der Waals surface area (Å²) in [6, 6.07) is 6.01. The van der Waals surface area contributed by atoms with Crippen LogP contribution in [0.25, 0.3) is 0 Å². The van der Waals surface area contributed by atoms with Crippen molar-refractivity contribution < 1.29 is 9.59 Å². The van der Waals surface area contributed by atoms with Gasteiger partial charge >= 0.3 is 0 Å². The van der Waals surface area contributed by atoms with Crippen molar-refractivity contribution in [2.45, 2.75) is 38.6 Å². The fraction of sp³-hybridized carbons (Fsp3) is 0.375. The number of imide groups is 1. The summed E-state index contributed by atoms with van der Waals surface area (Å²) < 4.78 is 0. The number of rotatable bonds is 1. The average Bonchev–Trinajstić information content (AvgIpc) is 2.78. The van der Waals surface area contributed by atoms with E-state index < -0.39 is 0 Å². The van der Waals surface area contributed by atoms with Crippen LogP contribution in [0.3, 0.4) is 0 Å². The van der Waals surface area contributed by atoms with Crippen molar-refractivity contribution in [2.75, 3.05) is 0 Å². The van der Waals surface area contributed by atoms with E-state index in [1.807, 2.05) is 12.1 Å². The van der Waals surface area contributed by atoms with Gasteiger partial charge in [-0.2, -0.15) is 0 Å². The highest BCUT2D eigenvalue weighted by Gasteiger charge is 2.44. The molecule has 1 aliphatic heterocycles. The van der Waals surface area contributed by atoms with Gasteiger partial charge in [0.15, 0.2) is 0 Å². The largest absolute Gasteiger partial charge is 0.269 e. The third-order valence-electron chi connectivity index (χ3n) is 4.20. The van der Waals surface area contributed by atoms with Crippen molar-refractivity contribution in [3.63, 3.8) is 0 Å². The first-order valence-electron chi connectivity index (χ1n) is 6.57. The molecule has 98 valence electrons. The van der Waals surface area contributed by atoms with Crippen LogP contribution < -0.4 is 0 Å². The van der Waals surface area contributed by atoms with Crippen LogP contribution >= 0.6 is 0 Å². The number of amides is 2. The summed E-state index contributed by atoms with van der Waals surface area (Å²) in [6.45, 7) is 6.45. The first kappa shape index (κ1) is 12.2. The van der Waals surface area contributed by atoms with Crippen molar-refractivity contribution in [3.8, 4) is 0 Å². The van der Waals surface area contributed by atoms with Gasteiger partial charge in [-0.15, -0.1) is 0 Å². The zero-order chi connectivity index (χ0) is 13.8. The third-order valence-corrected chi connectivity index (χ3v) is 4.20. The zero-order valence-corrected chi connectivity index (χ0v) is 11.4. The Kier molecular flexibility index (Phi) is 2.43. The minimum Gasteiger partial charge on any atom is -0.269 e. The molecule has 0 unspecified atom stereocenters. The SMILES string of the molecule is Cc1cccc2c1C(C)(C)C[C@@H]2N1C(=O)C=CC1=O. The Hall–Kier alpha value is -1.90. The Morgan fingerprint density at radius 1 is 1.16 bits per heavy atom. The van der Waals surface area contributed by atoms with Crippen molar-refractivity contribution in [3.05, 3.63) is 47.0 Å². The topological polar surface area (TPSA) is 37.4 Å². The van der Waals surface area contributed by atoms with Gasteiger partial charge in [-0.3, -0.25) is 14.5 Å². The van der Waals surface area contributed by atoms with E-state index in [4.69, 9.17) is 0 Å². The number of aryl methyl sites for hydroxylation is 1. The van der Waals surface area contributed by atoms with E-state index in [1.165, 1.54) is 28.2 Å². The van der Waals surface area contributed by atoms with Crippen molar-refractivity contribution >= 4 is 11.8 Å². The number of fused-ring (bicyclic) bond motifs is 1. The molecule has 3 nitrogen and oxygen atoms in total. The molecule has 1 atom stereocenters. The predicted molar refractivity (Wildman–Crippen MR) is 72.6 cm³/mol. The summed E-state index contributed by atoms with van der Waals surface area (Å²) in [5, 5.41) is 0. The van der Waals surface area contributed by atoms with E-state index in [0.29, 0.717) is 0 Å². The Bertz CT molecular complexity index is 595. The minimum absolute atomic E-state index is 0.00546. The maximum Gasteiger partial charge on any atom is 0.254 e. The minimum atomic E-state index is -0.194. The number of hydrogen-bond donors (Lipinski definition) is 0. The van der Waals surface area contributed by atoms with Gasteiger partial charge < -0.3 is 0 Å². The van der Waals surface area contributed by atoms with E-state index in [-0.39, 0.29) is 23.3 Å². The maximum atomic E-state index is 11.9. The van der Waals surface area contributed by atoms with Crippen LogP contribution in [0.15, 0.2) is 30.4 Å². The standard InChI is InChI=1S/C16H17NO2/c1-10-5-4-6-11-12(9-16(2,3)15(10)11)17-13(18)7-8-14(17)19/h4-8,12H,9H2,1-3H3/t12-/m0/s1. The summed E-state index contributed by atoms with van der Waals surface area (Å²) in [5.74, 6) is -0.389. The van der Waals surface area contributed by atoms with E-state index in [1.54, 1.807) is 0 Å². The summed E-state index contributed by atoms with van der Waals surface area (Å²) in [7, 11) is 0. The molecule has 1 aromatic carbocycles. The molecule has 0 saturated heterocycles. The quantitative estimate of drug-likeness (QED) is 0.723. The molecule has 2 aliphatic rings. The van der Waals surface area contributed by atoms with Gasteiger partial charge in [0.25, 0.3) is 11.8 Å². The third kappa shape index (κ3) is 1.65. The molecule has 19 heavy (non-hydrogen) atoms. The molecule has 0 saturated carbocycles. The predicted octanol–water partition coefficient (Wildman–Crippen LogP) is 2.64. The highest BCUT2D eigenvalue weighted by molar-refractivity contribution is 6.13. The summed E-state index contributed by atoms with van der Waals surface area (Å²) in [4.78, 5) is 25.2. The van der Waals surface area contributed by atoms with E-state index in [0.717, 1.165) is 12.0 Å². The lowest BCUT2D eigenvalue weighted by atomic mass is 9.84. The Morgan fingerprint density at radius 2 is 1.79 bits per heavy atom. The number of carbonyl (C=O) groups is 2. The molecule has 0 N–H and O–H groups in total. The first-order chi connectivity index (χ1) is 8.92. The molecule has 0 radical (unpaired) electrons. The van der Waals surface area contributed by atoms with Gasteiger partial charge in [0.2, 0.25) is 0 Å². The molecular formula is C16H17NO2. The van der Waals surface area contributed by atoms with E-state index in [9.17, 15) is 9.59 Å². The zero-order valence-electron chi connectivity index (χ0n) is 11.4. The van der Waals surface area contributed by atoms with E-state index in [2.05, 4.69) is 26.8 Å². The average molecular weight is 255 g/mol. The second-order valence-electron chi connectivity index (χ2n) is 6.02. The Labute approximate surface area is 112 Å². The second kappa shape index (κ2) is 3.80. The molecule has 1 aliphatic carbocycles. The lowest BCUT2D eigenvalue weighted by molar-refractivity contribution is -0.139. The molecule has 0 spiro atoms. The van der Waals surface area contributed by atoms with Gasteiger partial charge in [-0.1, -0.05) is 32.0 Å². The molecule has 0 fully saturated rings. The smallest absolute Gasteiger partial charge is 0.254 e. The number of nitrogens with zero attached hydrogens (tertiary/aromatic N) is 1. The van der Waals surface area contributed by atoms with Gasteiger partial charge in [-0.25, -0.2) is 0 Å². The fourth-order valence-electron chi connectivity index (χ4n) is 3.54. The molecule has 1 aromatic rings. The normalized spacial score (nSPS) is 24.2. The molecular weight excluding hydrogens is 238 g/mol. The van der Waals surface area contributed by atoms with Crippen LogP contribution in [0, 0.1) is 6.92 Å². The van der Waals surface area contributed by atoms with Crippen LogP contribution in [0.2, 0.25) is 0 Å². The van der Waals surface area contributed by atoms with Crippen LogP contribution in [-0.4, -0.2) is 16.7 Å². The van der Waals surface area contributed by atoms with Crippen LogP contribution in [-0.2, 0) is 15.0 Å². The molecule has 0 aromatic heterocycles. The van der Waals surface area contributed by atoms with Gasteiger partial charge in [0.05, 0.1) is 6.04 Å². The summed E-state index contributed by atoms with van der Waals surface area (Å²) >= 11 is 0. The first-order valence-corrected chi connectivity index (χ1v) is 6.57. The summed E-state index contributed by atoms with van der Waals surface area (Å²) in [5.41, 5.74) is 3.63. The highest BCUT2D eigenvalue weighted by Crippen LogP contribution is 2.49. The Balaban J connectivity index is 2.11. The fourth-order valence-corrected chi connectivity index (χ4v) is 3.54. The molecule has 1 heterocycles. The van der Waals surface area contributed by atoms with Crippen LogP contribution in [0.5, 0.6) is 0 Å². The summed E-state index contributed by atoms with van der Waals surface area (Å²) in [6.07, 6.45) is 3.53. The van der Waals surface area contributed by atoms with Gasteiger partial charge in [0.1, 0.15) is 0 Å². The molecule has 3 rings (SSSR count). The van der Waals surface area contributed by atoms with Gasteiger partial charge in [0, 0.05) is 12.2 Å². The monoisotopic (exact) mass is 255 g/mol. The molecule has 0 bridgehead atoms. The molecule has 3 heteroatoms. The highest BCUT2D eigenvalue weighted by atomic mass is 16.2. The van der Waals surface area contributed by atoms with Crippen molar-refractivity contribution in [1.82, 2.24) is 4.90 Å². The second-order valence-corrected chi connectivity index (χ2v) is 6.02. The van der Waals surface area contributed by atoms with Crippen LogP contribution in [0.1, 0.15) is 43.0 Å². The van der Waals surface area contributed by atoms with Crippen molar-refractivity contribution in [2.24, 2.45) is 0 Å². The maximum absolute atomic E-state index is 11.9. The number of hydrogen-bond acceptors (Lipinski definition) is 2. The van der Waals surface area contributed by atoms with Gasteiger partial charge in [-0.05, 0) is 35.4 Å². The lowest BCUT2D eigenvalue weighted by Crippen LogP contribution is -2.33. The van der Waals surface area contributed by atoms with Crippen LogP contribution in [0.4, 0.5) is 0 Å². The van der Waals surface area contributed by atoms with Crippen molar-refractivity contribution in [1.29, 1.82) is 0 Å².